The Morgan fingerprint density at radius 2 is 2.25 bits per heavy atom. The molecule has 1 heterocycles. The summed E-state index contributed by atoms with van der Waals surface area (Å²) < 4.78 is 0. The van der Waals surface area contributed by atoms with E-state index in [1.54, 1.807) is 18.3 Å². The summed E-state index contributed by atoms with van der Waals surface area (Å²) in [7, 11) is 0. The number of rotatable bonds is 0. The van der Waals surface area contributed by atoms with Crippen molar-refractivity contribution in [2.24, 2.45) is 4.99 Å². The van der Waals surface area contributed by atoms with Crippen molar-refractivity contribution in [1.82, 2.24) is 0 Å². The first-order valence-electron chi connectivity index (χ1n) is 3.87. The van der Waals surface area contributed by atoms with Crippen LogP contribution in [-0.4, -0.2) is 11.3 Å². The number of nitrogens with zero attached hydrogens (tertiary/aromatic N) is 1. The summed E-state index contributed by atoms with van der Waals surface area (Å²) in [6, 6.07) is 5.23. The van der Waals surface area contributed by atoms with E-state index in [0.29, 0.717) is 5.75 Å². The minimum absolute atomic E-state index is 0.305. The topological polar surface area (TPSA) is 32.6 Å². The van der Waals surface area contributed by atoms with Gasteiger partial charge < -0.3 is 5.11 Å². The Morgan fingerprint density at radius 1 is 1.33 bits per heavy atom. The molecular weight excluding hydrogens is 150 g/mol. The van der Waals surface area contributed by atoms with Crippen molar-refractivity contribution in [2.75, 3.05) is 0 Å². The second-order valence-electron chi connectivity index (χ2n) is 2.72. The van der Waals surface area contributed by atoms with Gasteiger partial charge in [-0.25, -0.2) is 0 Å². The zero-order valence-corrected chi connectivity index (χ0v) is 6.57. The van der Waals surface area contributed by atoms with Crippen LogP contribution in [-0.2, 0) is 6.42 Å². The van der Waals surface area contributed by atoms with Crippen molar-refractivity contribution < 1.29 is 5.11 Å². The average molecular weight is 159 g/mol. The fourth-order valence-corrected chi connectivity index (χ4v) is 1.24. The molecule has 0 bridgehead atoms. The van der Waals surface area contributed by atoms with Gasteiger partial charge in [0, 0.05) is 6.21 Å². The van der Waals surface area contributed by atoms with Crippen LogP contribution in [0.1, 0.15) is 5.56 Å². The van der Waals surface area contributed by atoms with E-state index in [1.807, 2.05) is 18.2 Å². The molecule has 0 fully saturated rings. The molecule has 1 aliphatic heterocycles. The normalized spacial score (nSPS) is 14.0. The van der Waals surface area contributed by atoms with Crippen molar-refractivity contribution in [2.45, 2.75) is 6.42 Å². The molecule has 2 nitrogen and oxygen atoms in total. The Morgan fingerprint density at radius 3 is 3.17 bits per heavy atom. The molecular formula is C10H9NO. The largest absolute Gasteiger partial charge is 0.508 e. The minimum Gasteiger partial charge on any atom is -0.508 e. The van der Waals surface area contributed by atoms with Gasteiger partial charge in [-0.3, -0.25) is 4.99 Å². The molecule has 0 radical (unpaired) electrons. The van der Waals surface area contributed by atoms with Gasteiger partial charge in [-0.05, 0) is 36.3 Å². The van der Waals surface area contributed by atoms with E-state index in [2.05, 4.69) is 4.99 Å². The molecule has 0 unspecified atom stereocenters. The molecule has 1 aromatic carbocycles. The van der Waals surface area contributed by atoms with Crippen LogP contribution in [0.25, 0.3) is 0 Å². The van der Waals surface area contributed by atoms with Crippen molar-refractivity contribution in [3.8, 4) is 5.75 Å². The van der Waals surface area contributed by atoms with Gasteiger partial charge in [-0.15, -0.1) is 0 Å². The third kappa shape index (κ3) is 1.23. The number of phenols is 1. The van der Waals surface area contributed by atoms with Gasteiger partial charge >= 0.3 is 0 Å². The van der Waals surface area contributed by atoms with Crippen molar-refractivity contribution in [1.29, 1.82) is 0 Å². The first kappa shape index (κ1) is 7.10. The fourth-order valence-electron chi connectivity index (χ4n) is 1.24. The van der Waals surface area contributed by atoms with Gasteiger partial charge in [0.25, 0.3) is 0 Å². The van der Waals surface area contributed by atoms with E-state index in [4.69, 9.17) is 0 Å². The Hall–Kier alpha value is -1.57. The maximum absolute atomic E-state index is 9.20. The number of aromatic hydroxyl groups is 1. The molecule has 0 aromatic heterocycles. The van der Waals surface area contributed by atoms with Crippen LogP contribution in [0, 0.1) is 0 Å². The highest BCUT2D eigenvalue weighted by atomic mass is 16.3. The number of fused-ring (bicyclic) bond motifs is 1. The predicted molar refractivity (Wildman–Crippen MR) is 49.1 cm³/mol. The summed E-state index contributed by atoms with van der Waals surface area (Å²) >= 11 is 0. The molecule has 0 amide bonds. The zero-order valence-electron chi connectivity index (χ0n) is 6.57. The Kier molecular flexibility index (Phi) is 1.67. The maximum Gasteiger partial charge on any atom is 0.116 e. The first-order chi connectivity index (χ1) is 5.86. The monoisotopic (exact) mass is 159 g/mol. The van der Waals surface area contributed by atoms with Gasteiger partial charge in [-0.1, -0.05) is 6.08 Å². The van der Waals surface area contributed by atoms with E-state index in [9.17, 15) is 5.11 Å². The lowest BCUT2D eigenvalue weighted by molar-refractivity contribution is 0.475. The Labute approximate surface area is 70.9 Å². The molecule has 0 atom stereocenters. The van der Waals surface area contributed by atoms with Gasteiger partial charge in [0.15, 0.2) is 0 Å². The summed E-state index contributed by atoms with van der Waals surface area (Å²) in [4.78, 5) is 4.20. The van der Waals surface area contributed by atoms with Crippen LogP contribution in [0.3, 0.4) is 0 Å². The highest BCUT2D eigenvalue weighted by molar-refractivity contribution is 5.76. The van der Waals surface area contributed by atoms with Gasteiger partial charge in [0.2, 0.25) is 0 Å². The minimum atomic E-state index is 0.305. The van der Waals surface area contributed by atoms with Crippen molar-refractivity contribution in [3.63, 3.8) is 0 Å². The highest BCUT2D eigenvalue weighted by Crippen LogP contribution is 2.25. The smallest absolute Gasteiger partial charge is 0.116 e. The summed E-state index contributed by atoms with van der Waals surface area (Å²) in [6.07, 6.45) is 6.54. The van der Waals surface area contributed by atoms with Gasteiger partial charge in [-0.2, -0.15) is 0 Å². The van der Waals surface area contributed by atoms with Crippen LogP contribution in [0.2, 0.25) is 0 Å². The molecule has 0 spiro atoms. The molecule has 1 N–H and O–H groups in total. The van der Waals surface area contributed by atoms with Crippen LogP contribution in [0.15, 0.2) is 35.3 Å². The van der Waals surface area contributed by atoms with E-state index < -0.39 is 0 Å². The molecule has 2 rings (SSSR count). The number of hydrogen-bond donors (Lipinski definition) is 1. The third-order valence-electron chi connectivity index (χ3n) is 1.84. The van der Waals surface area contributed by atoms with Gasteiger partial charge in [0.05, 0.1) is 5.69 Å². The molecule has 60 valence electrons. The second-order valence-corrected chi connectivity index (χ2v) is 2.72. The molecule has 0 saturated carbocycles. The first-order valence-corrected chi connectivity index (χ1v) is 3.87. The van der Waals surface area contributed by atoms with Crippen LogP contribution >= 0.6 is 0 Å². The quantitative estimate of drug-likeness (QED) is 0.618. The predicted octanol–water partition coefficient (Wildman–Crippen LogP) is 2.21. The van der Waals surface area contributed by atoms with Gasteiger partial charge in [0.1, 0.15) is 5.75 Å². The Bertz CT molecular complexity index is 353. The SMILES string of the molecule is Oc1ccc2c(c1)CC=CC=N2. The summed E-state index contributed by atoms with van der Waals surface area (Å²) in [5, 5.41) is 9.20. The summed E-state index contributed by atoms with van der Waals surface area (Å²) in [5.41, 5.74) is 2.01. The Balaban J connectivity index is 2.53. The summed E-state index contributed by atoms with van der Waals surface area (Å²) in [5.74, 6) is 0.305. The number of allylic oxidation sites excluding steroid dienone is 2. The lowest BCUT2D eigenvalue weighted by atomic mass is 10.1. The van der Waals surface area contributed by atoms with E-state index in [-0.39, 0.29) is 0 Å². The van der Waals surface area contributed by atoms with Crippen molar-refractivity contribution in [3.05, 3.63) is 35.9 Å². The summed E-state index contributed by atoms with van der Waals surface area (Å²) in [6.45, 7) is 0. The molecule has 0 aliphatic carbocycles. The average Bonchev–Trinajstić information content (AvgIpc) is 2.28. The molecule has 12 heavy (non-hydrogen) atoms. The standard InChI is InChI=1S/C10H9NO/c12-9-4-5-10-8(7-9)3-1-2-6-11-10/h1-2,4-7,12H,3H2. The second kappa shape index (κ2) is 2.81. The molecule has 1 aliphatic rings. The van der Waals surface area contributed by atoms with Crippen LogP contribution in [0.4, 0.5) is 5.69 Å². The zero-order chi connectivity index (χ0) is 8.39. The number of aliphatic imine (C=N–C) groups is 1. The molecule has 0 saturated heterocycles. The molecule has 1 aromatic rings. The highest BCUT2D eigenvalue weighted by Gasteiger charge is 2.01. The number of benzene rings is 1. The number of phenolic OH excluding ortho intramolecular Hbond substituents is 1. The van der Waals surface area contributed by atoms with Crippen LogP contribution < -0.4 is 0 Å². The van der Waals surface area contributed by atoms with Crippen molar-refractivity contribution >= 4 is 11.9 Å². The van der Waals surface area contributed by atoms with E-state index in [1.165, 1.54) is 0 Å². The molecule has 2 heteroatoms. The van der Waals surface area contributed by atoms with Crippen LogP contribution in [0.5, 0.6) is 5.75 Å². The van der Waals surface area contributed by atoms with E-state index >= 15 is 0 Å². The third-order valence-corrected chi connectivity index (χ3v) is 1.84. The van der Waals surface area contributed by atoms with E-state index in [0.717, 1.165) is 17.7 Å². The lowest BCUT2D eigenvalue weighted by Gasteiger charge is -2.01. The number of hydrogen-bond acceptors (Lipinski definition) is 2. The lowest BCUT2D eigenvalue weighted by Crippen LogP contribution is -1.79. The maximum atomic E-state index is 9.20. The fraction of sp³-hybridized carbons (Fsp3) is 0.100.